The summed E-state index contributed by atoms with van der Waals surface area (Å²) in [6, 6.07) is 0.566. The maximum atomic E-state index is 6.11. The third-order valence-corrected chi connectivity index (χ3v) is 4.12. The Labute approximate surface area is 119 Å². The summed E-state index contributed by atoms with van der Waals surface area (Å²) in [4.78, 5) is 10.8. The van der Waals surface area contributed by atoms with E-state index in [1.807, 2.05) is 0 Å². The molecule has 1 fully saturated rings. The molecule has 1 aromatic rings. The van der Waals surface area contributed by atoms with Crippen LogP contribution >= 0.6 is 23.2 Å². The molecule has 1 aliphatic heterocycles. The lowest BCUT2D eigenvalue weighted by Crippen LogP contribution is -2.40. The lowest BCUT2D eigenvalue weighted by Gasteiger charge is -2.37. The molecule has 0 aliphatic carbocycles. The fourth-order valence-electron chi connectivity index (χ4n) is 2.66. The number of nitrogens with zero attached hydrogens (tertiary/aromatic N) is 3. The van der Waals surface area contributed by atoms with Gasteiger partial charge in [0, 0.05) is 18.2 Å². The van der Waals surface area contributed by atoms with E-state index >= 15 is 0 Å². The molecule has 0 radical (unpaired) electrons. The molecule has 3 nitrogen and oxygen atoms in total. The van der Waals surface area contributed by atoms with Crippen LogP contribution in [-0.4, -0.2) is 22.6 Å². The van der Waals surface area contributed by atoms with Crippen molar-refractivity contribution in [1.29, 1.82) is 0 Å². The Morgan fingerprint density at radius 2 is 2.22 bits per heavy atom. The van der Waals surface area contributed by atoms with Gasteiger partial charge in [0.25, 0.3) is 0 Å². The van der Waals surface area contributed by atoms with Crippen LogP contribution in [0, 0.1) is 0 Å². The van der Waals surface area contributed by atoms with Gasteiger partial charge in [-0.2, -0.15) is 0 Å². The Hall–Kier alpha value is -0.540. The first-order valence-electron chi connectivity index (χ1n) is 6.60. The lowest BCUT2D eigenvalue weighted by molar-refractivity contribution is 0.431. The molecule has 1 atom stereocenters. The second-order valence-electron chi connectivity index (χ2n) is 4.73. The summed E-state index contributed by atoms with van der Waals surface area (Å²) >= 11 is 12.1. The third kappa shape index (κ3) is 2.89. The zero-order valence-electron chi connectivity index (χ0n) is 10.7. The Bertz CT molecular complexity index is 396. The molecule has 0 N–H and O–H groups in total. The van der Waals surface area contributed by atoms with E-state index in [0.717, 1.165) is 17.9 Å². The van der Waals surface area contributed by atoms with E-state index in [0.29, 0.717) is 17.1 Å². The molecule has 1 aliphatic rings. The van der Waals surface area contributed by atoms with Crippen LogP contribution in [0.5, 0.6) is 0 Å². The van der Waals surface area contributed by atoms with Gasteiger partial charge in [-0.25, -0.2) is 9.97 Å². The molecule has 18 heavy (non-hydrogen) atoms. The van der Waals surface area contributed by atoms with Crippen LogP contribution < -0.4 is 4.90 Å². The van der Waals surface area contributed by atoms with Crippen LogP contribution in [0.15, 0.2) is 6.33 Å². The van der Waals surface area contributed by atoms with Gasteiger partial charge in [0.15, 0.2) is 0 Å². The summed E-state index contributed by atoms with van der Waals surface area (Å²) in [5.74, 6) is 1.30. The first kappa shape index (κ1) is 13.9. The fourth-order valence-corrected chi connectivity index (χ4v) is 3.17. The largest absolute Gasteiger partial charge is 0.353 e. The van der Waals surface area contributed by atoms with Crippen molar-refractivity contribution in [1.82, 2.24) is 9.97 Å². The molecule has 2 heterocycles. The molecular formula is C13H19Cl2N3. The quantitative estimate of drug-likeness (QED) is 0.618. The van der Waals surface area contributed by atoms with Crippen LogP contribution in [0.4, 0.5) is 5.82 Å². The van der Waals surface area contributed by atoms with Crippen molar-refractivity contribution in [3.63, 3.8) is 0 Å². The standard InChI is InChI=1S/C13H19Cl2N3/c1-2-5-10-6-3-4-7-18(10)13-11(8-14)12(15)16-9-17-13/h9-10H,2-8H2,1H3. The maximum absolute atomic E-state index is 6.11. The number of alkyl halides is 1. The summed E-state index contributed by atoms with van der Waals surface area (Å²) in [6.45, 7) is 3.27. The molecule has 0 bridgehead atoms. The Balaban J connectivity index is 2.30. The van der Waals surface area contributed by atoms with Crippen molar-refractivity contribution in [3.05, 3.63) is 17.0 Å². The summed E-state index contributed by atoms with van der Waals surface area (Å²) in [6.07, 6.45) is 7.67. The average molecular weight is 288 g/mol. The van der Waals surface area contributed by atoms with E-state index in [1.54, 1.807) is 0 Å². The number of hydrogen-bond donors (Lipinski definition) is 0. The third-order valence-electron chi connectivity index (χ3n) is 3.52. The fraction of sp³-hybridized carbons (Fsp3) is 0.692. The molecule has 0 saturated carbocycles. The summed E-state index contributed by atoms with van der Waals surface area (Å²) in [5.41, 5.74) is 0.865. The highest BCUT2D eigenvalue weighted by Crippen LogP contribution is 2.31. The zero-order valence-corrected chi connectivity index (χ0v) is 12.2. The van der Waals surface area contributed by atoms with Crippen LogP contribution in [0.1, 0.15) is 44.6 Å². The minimum atomic E-state index is 0.365. The van der Waals surface area contributed by atoms with E-state index in [1.165, 1.54) is 38.4 Å². The number of halogens is 2. The predicted molar refractivity (Wildman–Crippen MR) is 76.5 cm³/mol. The van der Waals surface area contributed by atoms with Crippen molar-refractivity contribution < 1.29 is 0 Å². The second kappa shape index (κ2) is 6.58. The van der Waals surface area contributed by atoms with Crippen LogP contribution in [-0.2, 0) is 5.88 Å². The van der Waals surface area contributed by atoms with Gasteiger partial charge >= 0.3 is 0 Å². The normalized spacial score (nSPS) is 20.2. The Kier molecular flexibility index (Phi) is 5.07. The van der Waals surface area contributed by atoms with Crippen molar-refractivity contribution >= 4 is 29.0 Å². The highest BCUT2D eigenvalue weighted by molar-refractivity contribution is 6.31. The van der Waals surface area contributed by atoms with Crippen molar-refractivity contribution in [2.75, 3.05) is 11.4 Å². The number of aromatic nitrogens is 2. The maximum Gasteiger partial charge on any atom is 0.138 e. The Morgan fingerprint density at radius 3 is 2.94 bits per heavy atom. The monoisotopic (exact) mass is 287 g/mol. The second-order valence-corrected chi connectivity index (χ2v) is 5.36. The zero-order chi connectivity index (χ0) is 13.0. The highest BCUT2D eigenvalue weighted by atomic mass is 35.5. The van der Waals surface area contributed by atoms with Crippen molar-refractivity contribution in [3.8, 4) is 0 Å². The van der Waals surface area contributed by atoms with Gasteiger partial charge < -0.3 is 4.90 Å². The number of anilines is 1. The van der Waals surface area contributed by atoms with E-state index in [4.69, 9.17) is 23.2 Å². The van der Waals surface area contributed by atoms with Gasteiger partial charge in [0.1, 0.15) is 17.3 Å². The summed E-state index contributed by atoms with van der Waals surface area (Å²) in [7, 11) is 0. The molecule has 1 aromatic heterocycles. The van der Waals surface area contributed by atoms with Gasteiger partial charge in [0.05, 0.1) is 5.88 Å². The minimum Gasteiger partial charge on any atom is -0.353 e. The average Bonchev–Trinajstić information content (AvgIpc) is 2.39. The summed E-state index contributed by atoms with van der Waals surface area (Å²) in [5, 5.41) is 0.482. The number of hydrogen-bond acceptors (Lipinski definition) is 3. The van der Waals surface area contributed by atoms with Crippen LogP contribution in [0.3, 0.4) is 0 Å². The van der Waals surface area contributed by atoms with Crippen molar-refractivity contribution in [2.24, 2.45) is 0 Å². The lowest BCUT2D eigenvalue weighted by atomic mass is 9.98. The first-order valence-corrected chi connectivity index (χ1v) is 7.51. The molecular weight excluding hydrogens is 269 g/mol. The van der Waals surface area contributed by atoms with Crippen molar-refractivity contribution in [2.45, 2.75) is 50.9 Å². The molecule has 1 saturated heterocycles. The van der Waals surface area contributed by atoms with Gasteiger partial charge in [-0.1, -0.05) is 24.9 Å². The van der Waals surface area contributed by atoms with Gasteiger partial charge in [-0.15, -0.1) is 11.6 Å². The molecule has 5 heteroatoms. The number of rotatable bonds is 4. The first-order chi connectivity index (χ1) is 8.77. The predicted octanol–water partition coefficient (Wildman–Crippen LogP) is 4.03. The molecule has 0 spiro atoms. The number of piperidine rings is 1. The smallest absolute Gasteiger partial charge is 0.138 e. The van der Waals surface area contributed by atoms with Crippen LogP contribution in [0.2, 0.25) is 5.15 Å². The molecule has 100 valence electrons. The molecule has 2 rings (SSSR count). The molecule has 0 aromatic carbocycles. The van der Waals surface area contributed by atoms with E-state index in [2.05, 4.69) is 21.8 Å². The minimum absolute atomic E-state index is 0.365. The Morgan fingerprint density at radius 1 is 1.39 bits per heavy atom. The van der Waals surface area contributed by atoms with Crippen LogP contribution in [0.25, 0.3) is 0 Å². The van der Waals surface area contributed by atoms with Gasteiger partial charge in [-0.05, 0) is 25.7 Å². The van der Waals surface area contributed by atoms with Gasteiger partial charge in [0.2, 0.25) is 0 Å². The van der Waals surface area contributed by atoms with E-state index in [9.17, 15) is 0 Å². The summed E-state index contributed by atoms with van der Waals surface area (Å²) < 4.78 is 0. The highest BCUT2D eigenvalue weighted by Gasteiger charge is 2.25. The van der Waals surface area contributed by atoms with E-state index in [-0.39, 0.29) is 0 Å². The topological polar surface area (TPSA) is 29.0 Å². The van der Waals surface area contributed by atoms with E-state index < -0.39 is 0 Å². The molecule has 1 unspecified atom stereocenters. The molecule has 0 amide bonds. The van der Waals surface area contributed by atoms with Gasteiger partial charge in [-0.3, -0.25) is 0 Å². The SMILES string of the molecule is CCCC1CCCCN1c1ncnc(Cl)c1CCl.